The molecule has 0 bridgehead atoms. The number of hydrogen-bond acceptors (Lipinski definition) is 5. The van der Waals surface area contributed by atoms with Crippen LogP contribution >= 0.6 is 0 Å². The molecule has 2 aliphatic heterocycles. The number of likely N-dealkylation sites (N-methyl/N-ethyl adjacent to an activating group) is 1. The third-order valence-corrected chi connectivity index (χ3v) is 7.35. The second-order valence-corrected chi connectivity index (χ2v) is 9.52. The first-order chi connectivity index (χ1) is 17.6. The zero-order valence-corrected chi connectivity index (χ0v) is 21.2. The fourth-order valence-electron chi connectivity index (χ4n) is 5.32. The number of pyridine rings is 1. The molecule has 0 saturated carbocycles. The van der Waals surface area contributed by atoms with Crippen molar-refractivity contribution in [2.45, 2.75) is 46.3 Å². The summed E-state index contributed by atoms with van der Waals surface area (Å²) in [5.41, 5.74) is 5.96. The van der Waals surface area contributed by atoms with Crippen LogP contribution in [0.25, 0.3) is 0 Å². The van der Waals surface area contributed by atoms with E-state index >= 15 is 0 Å². The lowest BCUT2D eigenvalue weighted by atomic mass is 9.99. The second-order valence-electron chi connectivity index (χ2n) is 9.52. The van der Waals surface area contributed by atoms with Crippen LogP contribution in [0.5, 0.6) is 0 Å². The monoisotopic (exact) mass is 486 g/mol. The fourth-order valence-corrected chi connectivity index (χ4v) is 5.32. The molecule has 8 heteroatoms. The molecule has 0 radical (unpaired) electrons. The van der Waals surface area contributed by atoms with Gasteiger partial charge in [-0.15, -0.1) is 0 Å². The molecule has 2 amide bonds. The van der Waals surface area contributed by atoms with Gasteiger partial charge in [0.1, 0.15) is 0 Å². The molecule has 0 unspecified atom stereocenters. The maximum Gasteiger partial charge on any atom is 0.275 e. The van der Waals surface area contributed by atoms with Crippen LogP contribution in [0.15, 0.2) is 48.7 Å². The van der Waals surface area contributed by atoms with Crippen molar-refractivity contribution < 1.29 is 9.59 Å². The van der Waals surface area contributed by atoms with E-state index < -0.39 is 0 Å². The maximum absolute atomic E-state index is 13.8. The van der Waals surface area contributed by atoms with Gasteiger partial charge in [0.15, 0.2) is 5.69 Å². The summed E-state index contributed by atoms with van der Waals surface area (Å²) in [5, 5.41) is 4.86. The molecule has 2 aliphatic rings. The van der Waals surface area contributed by atoms with Gasteiger partial charge in [-0.1, -0.05) is 30.3 Å². The fraction of sp³-hybridized carbons (Fsp3) is 0.429. The van der Waals surface area contributed by atoms with Crippen LogP contribution in [0.2, 0.25) is 0 Å². The van der Waals surface area contributed by atoms with E-state index in [4.69, 9.17) is 5.10 Å². The lowest BCUT2D eigenvalue weighted by Crippen LogP contribution is -2.42. The topological polar surface area (TPSA) is 74.6 Å². The normalized spacial score (nSPS) is 15.3. The Morgan fingerprint density at radius 1 is 0.944 bits per heavy atom. The Balaban J connectivity index is 1.43. The molecule has 0 spiro atoms. The molecule has 1 aromatic carbocycles. The average molecular weight is 487 g/mol. The van der Waals surface area contributed by atoms with Crippen molar-refractivity contribution in [3.63, 3.8) is 0 Å². The van der Waals surface area contributed by atoms with Gasteiger partial charge in [-0.05, 0) is 43.5 Å². The molecule has 3 aromatic rings. The largest absolute Gasteiger partial charge is 0.342 e. The zero-order chi connectivity index (χ0) is 25.1. The molecule has 4 heterocycles. The number of fused-ring (bicyclic) bond motifs is 2. The lowest BCUT2D eigenvalue weighted by Gasteiger charge is -2.31. The highest BCUT2D eigenvalue weighted by atomic mass is 16.2. The van der Waals surface area contributed by atoms with Crippen LogP contribution in [0.3, 0.4) is 0 Å². The highest BCUT2D eigenvalue weighted by molar-refractivity contribution is 5.94. The summed E-state index contributed by atoms with van der Waals surface area (Å²) in [7, 11) is 0. The number of carbonyl (C=O) groups excluding carboxylic acids is 2. The van der Waals surface area contributed by atoms with Gasteiger partial charge in [0.05, 0.1) is 18.8 Å². The van der Waals surface area contributed by atoms with Crippen molar-refractivity contribution in [1.82, 2.24) is 29.5 Å². The molecule has 0 aliphatic carbocycles. The minimum atomic E-state index is -0.0301. The van der Waals surface area contributed by atoms with E-state index in [-0.39, 0.29) is 11.8 Å². The predicted octanol–water partition coefficient (Wildman–Crippen LogP) is 2.75. The zero-order valence-electron chi connectivity index (χ0n) is 21.2. The van der Waals surface area contributed by atoms with Gasteiger partial charge in [-0.3, -0.25) is 24.2 Å². The summed E-state index contributed by atoms with van der Waals surface area (Å²) in [6, 6.07) is 14.2. The van der Waals surface area contributed by atoms with Gasteiger partial charge in [-0.2, -0.15) is 5.10 Å². The maximum atomic E-state index is 13.8. The van der Waals surface area contributed by atoms with Gasteiger partial charge in [0, 0.05) is 63.1 Å². The van der Waals surface area contributed by atoms with E-state index in [1.165, 1.54) is 11.1 Å². The Labute approximate surface area is 212 Å². The third-order valence-electron chi connectivity index (χ3n) is 7.35. The molecular weight excluding hydrogens is 452 g/mol. The van der Waals surface area contributed by atoms with Crippen molar-refractivity contribution in [1.29, 1.82) is 0 Å². The number of hydrogen-bond donors (Lipinski definition) is 0. The molecule has 5 rings (SSSR count). The van der Waals surface area contributed by atoms with Crippen molar-refractivity contribution in [3.05, 3.63) is 82.4 Å². The summed E-state index contributed by atoms with van der Waals surface area (Å²) in [6.07, 6.45) is 3.38. The molecule has 0 atom stereocenters. The summed E-state index contributed by atoms with van der Waals surface area (Å²) in [4.78, 5) is 37.0. The second kappa shape index (κ2) is 10.6. The van der Waals surface area contributed by atoms with E-state index in [9.17, 15) is 9.59 Å². The predicted molar refractivity (Wildman–Crippen MR) is 137 cm³/mol. The Hall–Kier alpha value is -3.52. The summed E-state index contributed by atoms with van der Waals surface area (Å²) < 4.78 is 1.95. The Morgan fingerprint density at radius 2 is 1.72 bits per heavy atom. The minimum Gasteiger partial charge on any atom is -0.342 e. The number of carbonyl (C=O) groups is 2. The standard InChI is InChI=1S/C28H34N6O2/c1-3-32(4-2)26(35)20-31-15-13-25-24(19-31)27(30-34(25)18-23-11-7-8-14-29-23)28(36)33-16-12-21-9-5-6-10-22(21)17-33/h5-11,14H,3-4,12-13,15-20H2,1-2H3. The summed E-state index contributed by atoms with van der Waals surface area (Å²) in [5.74, 6) is 0.0993. The Bertz CT molecular complexity index is 1230. The SMILES string of the molecule is CCN(CC)C(=O)CN1CCc2c(c(C(=O)N3CCc4ccccc4C3)nn2Cc2ccccn2)C1. The average Bonchev–Trinajstić information content (AvgIpc) is 3.26. The summed E-state index contributed by atoms with van der Waals surface area (Å²) >= 11 is 0. The number of amides is 2. The van der Waals surface area contributed by atoms with Crippen LogP contribution in [0.1, 0.15) is 52.4 Å². The van der Waals surface area contributed by atoms with E-state index in [1.54, 1.807) is 6.20 Å². The Kier molecular flexibility index (Phi) is 7.13. The molecule has 8 nitrogen and oxygen atoms in total. The molecule has 188 valence electrons. The molecular formula is C28H34N6O2. The number of benzene rings is 1. The lowest BCUT2D eigenvalue weighted by molar-refractivity contribution is -0.132. The molecule has 36 heavy (non-hydrogen) atoms. The first kappa shape index (κ1) is 24.2. The van der Waals surface area contributed by atoms with Crippen LogP contribution in [0.4, 0.5) is 0 Å². The van der Waals surface area contributed by atoms with E-state index in [1.807, 2.05) is 52.6 Å². The van der Waals surface area contributed by atoms with Crippen molar-refractivity contribution in [3.8, 4) is 0 Å². The quantitative estimate of drug-likeness (QED) is 0.514. The Morgan fingerprint density at radius 3 is 2.47 bits per heavy atom. The molecule has 0 saturated heterocycles. The van der Waals surface area contributed by atoms with Gasteiger partial charge >= 0.3 is 0 Å². The molecule has 0 N–H and O–H groups in total. The minimum absolute atomic E-state index is 0.0301. The third kappa shape index (κ3) is 4.91. The van der Waals surface area contributed by atoms with Gasteiger partial charge in [-0.25, -0.2) is 0 Å². The van der Waals surface area contributed by atoms with Crippen molar-refractivity contribution >= 4 is 11.8 Å². The van der Waals surface area contributed by atoms with E-state index in [0.717, 1.165) is 36.3 Å². The number of nitrogens with zero attached hydrogens (tertiary/aromatic N) is 6. The van der Waals surface area contributed by atoms with E-state index in [2.05, 4.69) is 28.1 Å². The van der Waals surface area contributed by atoms with Crippen molar-refractivity contribution in [2.24, 2.45) is 0 Å². The smallest absolute Gasteiger partial charge is 0.275 e. The van der Waals surface area contributed by atoms with Crippen LogP contribution in [-0.4, -0.2) is 74.0 Å². The summed E-state index contributed by atoms with van der Waals surface area (Å²) in [6.45, 7) is 8.90. The van der Waals surface area contributed by atoms with Crippen LogP contribution < -0.4 is 0 Å². The molecule has 2 aromatic heterocycles. The number of rotatable bonds is 7. The van der Waals surface area contributed by atoms with Gasteiger partial charge < -0.3 is 9.80 Å². The van der Waals surface area contributed by atoms with Gasteiger partial charge in [0.25, 0.3) is 5.91 Å². The first-order valence-electron chi connectivity index (χ1n) is 12.9. The first-order valence-corrected chi connectivity index (χ1v) is 12.9. The highest BCUT2D eigenvalue weighted by Gasteiger charge is 2.32. The van der Waals surface area contributed by atoms with Crippen molar-refractivity contribution in [2.75, 3.05) is 32.7 Å². The molecule has 0 fully saturated rings. The van der Waals surface area contributed by atoms with E-state index in [0.29, 0.717) is 51.5 Å². The highest BCUT2D eigenvalue weighted by Crippen LogP contribution is 2.27. The van der Waals surface area contributed by atoms with Gasteiger partial charge in [0.2, 0.25) is 5.91 Å². The van der Waals surface area contributed by atoms with Crippen LogP contribution in [0, 0.1) is 0 Å². The number of aromatic nitrogens is 3. The van der Waals surface area contributed by atoms with Crippen LogP contribution in [-0.2, 0) is 37.3 Å².